The molecule has 0 spiro atoms. The zero-order valence-electron chi connectivity index (χ0n) is 13.7. The Morgan fingerprint density at radius 2 is 2.04 bits per heavy atom. The van der Waals surface area contributed by atoms with Gasteiger partial charge in [0, 0.05) is 11.9 Å². The molecular formula is C18H17N3O4. The van der Waals surface area contributed by atoms with Gasteiger partial charge >= 0.3 is 5.97 Å². The molecule has 1 aromatic carbocycles. The topological polar surface area (TPSA) is 88.6 Å². The summed E-state index contributed by atoms with van der Waals surface area (Å²) in [6, 6.07) is 10.6. The van der Waals surface area contributed by atoms with Gasteiger partial charge in [0.1, 0.15) is 6.54 Å². The second-order valence-electron chi connectivity index (χ2n) is 5.69. The first-order chi connectivity index (χ1) is 12.0. The minimum Gasteiger partial charge on any atom is -0.455 e. The summed E-state index contributed by atoms with van der Waals surface area (Å²) in [4.78, 5) is 41.4. The monoisotopic (exact) mass is 339 g/mol. The first kappa shape index (κ1) is 16.6. The highest BCUT2D eigenvalue weighted by Gasteiger charge is 2.27. The van der Waals surface area contributed by atoms with Crippen LogP contribution in [0.1, 0.15) is 11.3 Å². The number of anilines is 2. The molecule has 1 aliphatic rings. The van der Waals surface area contributed by atoms with E-state index in [2.05, 4.69) is 10.3 Å². The highest BCUT2D eigenvalue weighted by Crippen LogP contribution is 2.28. The molecule has 1 N–H and O–H groups in total. The third kappa shape index (κ3) is 4.00. The molecule has 0 saturated carbocycles. The Kier molecular flexibility index (Phi) is 4.74. The van der Waals surface area contributed by atoms with Gasteiger partial charge in [0.15, 0.2) is 6.61 Å². The number of hydrogen-bond donors (Lipinski definition) is 1. The van der Waals surface area contributed by atoms with Gasteiger partial charge in [-0.15, -0.1) is 0 Å². The predicted molar refractivity (Wildman–Crippen MR) is 91.1 cm³/mol. The second kappa shape index (κ2) is 7.12. The van der Waals surface area contributed by atoms with E-state index in [1.165, 1.54) is 4.90 Å². The number of fused-ring (bicyclic) bond motifs is 1. The van der Waals surface area contributed by atoms with E-state index in [9.17, 15) is 14.4 Å². The Labute approximate surface area is 144 Å². The van der Waals surface area contributed by atoms with Crippen molar-refractivity contribution in [1.82, 2.24) is 4.98 Å². The van der Waals surface area contributed by atoms with E-state index in [-0.39, 0.29) is 18.9 Å². The zero-order valence-corrected chi connectivity index (χ0v) is 13.7. The number of ether oxygens (including phenoxy) is 1. The average molecular weight is 339 g/mol. The number of pyridine rings is 1. The van der Waals surface area contributed by atoms with Crippen LogP contribution >= 0.6 is 0 Å². The smallest absolute Gasteiger partial charge is 0.310 e. The quantitative estimate of drug-likeness (QED) is 0.852. The van der Waals surface area contributed by atoms with E-state index in [1.807, 2.05) is 6.92 Å². The number of esters is 1. The number of nitrogens with one attached hydrogen (secondary N) is 1. The molecule has 0 atom stereocenters. The van der Waals surface area contributed by atoms with Gasteiger partial charge in [-0.1, -0.05) is 18.2 Å². The van der Waals surface area contributed by atoms with E-state index in [0.717, 1.165) is 5.69 Å². The van der Waals surface area contributed by atoms with Crippen LogP contribution in [0.2, 0.25) is 0 Å². The lowest BCUT2D eigenvalue weighted by atomic mass is 10.2. The summed E-state index contributed by atoms with van der Waals surface area (Å²) in [6.45, 7) is 1.34. The number of hydrogen-bond acceptors (Lipinski definition) is 5. The maximum absolute atomic E-state index is 12.4. The summed E-state index contributed by atoms with van der Waals surface area (Å²) in [5.74, 6) is -1.25. The number of amides is 2. The van der Waals surface area contributed by atoms with Gasteiger partial charge in [-0.3, -0.25) is 24.3 Å². The van der Waals surface area contributed by atoms with Crippen molar-refractivity contribution in [3.05, 3.63) is 53.9 Å². The number of carbonyl (C=O) groups is 3. The summed E-state index contributed by atoms with van der Waals surface area (Å²) in [5, 5.41) is 2.70. The van der Waals surface area contributed by atoms with Gasteiger partial charge < -0.3 is 10.1 Å². The minimum atomic E-state index is -0.520. The predicted octanol–water partition coefficient (Wildman–Crippen LogP) is 1.46. The lowest BCUT2D eigenvalue weighted by molar-refractivity contribution is -0.147. The Bertz CT molecular complexity index is 817. The Balaban J connectivity index is 1.60. The molecule has 1 aromatic heterocycles. The van der Waals surface area contributed by atoms with Gasteiger partial charge in [-0.25, -0.2) is 0 Å². The van der Waals surface area contributed by atoms with Crippen molar-refractivity contribution in [2.45, 2.75) is 13.3 Å². The minimum absolute atomic E-state index is 0.0393. The summed E-state index contributed by atoms with van der Waals surface area (Å²) >= 11 is 0. The van der Waals surface area contributed by atoms with Gasteiger partial charge in [0.2, 0.25) is 5.91 Å². The molecule has 7 nitrogen and oxygen atoms in total. The maximum Gasteiger partial charge on any atom is 0.310 e. The average Bonchev–Trinajstić information content (AvgIpc) is 2.61. The Morgan fingerprint density at radius 1 is 1.24 bits per heavy atom. The van der Waals surface area contributed by atoms with Crippen LogP contribution in [-0.2, 0) is 25.5 Å². The van der Waals surface area contributed by atoms with Crippen LogP contribution in [0.15, 0.2) is 42.6 Å². The van der Waals surface area contributed by atoms with E-state index < -0.39 is 18.5 Å². The van der Waals surface area contributed by atoms with Gasteiger partial charge in [0.05, 0.1) is 17.8 Å². The number of carbonyl (C=O) groups excluding carboxylic acids is 3. The van der Waals surface area contributed by atoms with Crippen molar-refractivity contribution in [2.75, 3.05) is 23.4 Å². The fraction of sp³-hybridized carbons (Fsp3) is 0.222. The van der Waals surface area contributed by atoms with Crippen molar-refractivity contribution in [2.24, 2.45) is 0 Å². The molecule has 128 valence electrons. The highest BCUT2D eigenvalue weighted by molar-refractivity contribution is 6.10. The molecule has 2 amide bonds. The van der Waals surface area contributed by atoms with Crippen molar-refractivity contribution >= 4 is 29.2 Å². The van der Waals surface area contributed by atoms with Crippen LogP contribution in [-0.4, -0.2) is 35.9 Å². The van der Waals surface area contributed by atoms with Crippen LogP contribution in [0.25, 0.3) is 0 Å². The van der Waals surface area contributed by atoms with E-state index in [1.54, 1.807) is 42.6 Å². The van der Waals surface area contributed by atoms with Crippen LogP contribution in [0.3, 0.4) is 0 Å². The number of rotatable bonds is 4. The molecule has 0 unspecified atom stereocenters. The standard InChI is InChI=1S/C18H17N3O4/c1-12-6-7-13(9-19-12)8-18(24)25-11-17(23)21-10-16(22)20-14-4-2-3-5-15(14)21/h2-7,9H,8,10-11H2,1H3,(H,20,22). The fourth-order valence-corrected chi connectivity index (χ4v) is 2.50. The van der Waals surface area contributed by atoms with Crippen molar-refractivity contribution in [1.29, 1.82) is 0 Å². The molecule has 0 aliphatic carbocycles. The first-order valence-electron chi connectivity index (χ1n) is 7.79. The number of aromatic nitrogens is 1. The molecule has 25 heavy (non-hydrogen) atoms. The summed E-state index contributed by atoms with van der Waals surface area (Å²) < 4.78 is 5.05. The van der Waals surface area contributed by atoms with E-state index in [0.29, 0.717) is 16.9 Å². The first-order valence-corrected chi connectivity index (χ1v) is 7.79. The normalized spacial score (nSPS) is 13.0. The van der Waals surface area contributed by atoms with Crippen molar-refractivity contribution < 1.29 is 19.1 Å². The molecular weight excluding hydrogens is 322 g/mol. The molecule has 0 fully saturated rings. The van der Waals surface area contributed by atoms with Gasteiger partial charge in [0.25, 0.3) is 5.91 Å². The third-order valence-electron chi connectivity index (χ3n) is 3.75. The zero-order chi connectivity index (χ0) is 17.8. The van der Waals surface area contributed by atoms with Gasteiger partial charge in [-0.05, 0) is 30.7 Å². The maximum atomic E-state index is 12.4. The van der Waals surface area contributed by atoms with Crippen LogP contribution in [0, 0.1) is 6.92 Å². The SMILES string of the molecule is Cc1ccc(CC(=O)OCC(=O)N2CC(=O)Nc3ccccc32)cn1. The molecule has 2 aromatic rings. The number of benzene rings is 1. The molecule has 3 rings (SSSR count). The third-order valence-corrected chi connectivity index (χ3v) is 3.75. The van der Waals surface area contributed by atoms with Crippen molar-refractivity contribution in [3.8, 4) is 0 Å². The molecule has 7 heteroatoms. The van der Waals surface area contributed by atoms with Gasteiger partial charge in [-0.2, -0.15) is 0 Å². The molecule has 0 bridgehead atoms. The molecule has 0 saturated heterocycles. The van der Waals surface area contributed by atoms with E-state index in [4.69, 9.17) is 4.74 Å². The lowest BCUT2D eigenvalue weighted by Gasteiger charge is -2.28. The number of aryl methyl sites for hydroxylation is 1. The Morgan fingerprint density at radius 3 is 2.80 bits per heavy atom. The lowest BCUT2D eigenvalue weighted by Crippen LogP contribution is -2.44. The Hall–Kier alpha value is -3.22. The largest absolute Gasteiger partial charge is 0.455 e. The van der Waals surface area contributed by atoms with E-state index >= 15 is 0 Å². The fourth-order valence-electron chi connectivity index (χ4n) is 2.50. The summed E-state index contributed by atoms with van der Waals surface area (Å²) in [6.07, 6.45) is 1.64. The van der Waals surface area contributed by atoms with Crippen LogP contribution < -0.4 is 10.2 Å². The van der Waals surface area contributed by atoms with Crippen LogP contribution in [0.4, 0.5) is 11.4 Å². The highest BCUT2D eigenvalue weighted by atomic mass is 16.5. The summed E-state index contributed by atoms with van der Waals surface area (Å²) in [5.41, 5.74) is 2.72. The van der Waals surface area contributed by atoms with Crippen LogP contribution in [0.5, 0.6) is 0 Å². The molecule has 1 aliphatic heterocycles. The summed E-state index contributed by atoms with van der Waals surface area (Å²) in [7, 11) is 0. The molecule has 0 radical (unpaired) electrons. The molecule has 2 heterocycles. The van der Waals surface area contributed by atoms with Crippen molar-refractivity contribution in [3.63, 3.8) is 0 Å². The number of para-hydroxylation sites is 2. The number of nitrogens with zero attached hydrogens (tertiary/aromatic N) is 2. The second-order valence-corrected chi connectivity index (χ2v) is 5.69.